The van der Waals surface area contributed by atoms with E-state index in [1.807, 2.05) is 0 Å². The van der Waals surface area contributed by atoms with Gasteiger partial charge in [0.25, 0.3) is 5.91 Å². The number of carbonyl (C=O) groups excluding carboxylic acids is 2. The Kier molecular flexibility index (Phi) is 5.61. The predicted molar refractivity (Wildman–Crippen MR) is 97.2 cm³/mol. The third-order valence-corrected chi connectivity index (χ3v) is 3.92. The van der Waals surface area contributed by atoms with Crippen LogP contribution in [0.4, 0.5) is 10.1 Å². The summed E-state index contributed by atoms with van der Waals surface area (Å²) in [6.45, 7) is 1.52. The highest BCUT2D eigenvalue weighted by Crippen LogP contribution is 2.40. The number of carbonyl (C=O) groups is 2. The Labute approximate surface area is 159 Å². The molecule has 27 heavy (non-hydrogen) atoms. The zero-order chi connectivity index (χ0) is 19.4. The number of nitrogens with one attached hydrogen (secondary N) is 1. The van der Waals surface area contributed by atoms with Crippen LogP contribution < -0.4 is 14.8 Å². The lowest BCUT2D eigenvalue weighted by Gasteiger charge is -2.12. The number of benzene rings is 2. The zero-order valence-corrected chi connectivity index (χ0v) is 15.0. The maximum Gasteiger partial charge on any atom is 0.331 e. The molecule has 0 fully saturated rings. The van der Waals surface area contributed by atoms with E-state index in [1.165, 1.54) is 43.3 Å². The van der Waals surface area contributed by atoms with Crippen LogP contribution >= 0.6 is 11.6 Å². The van der Waals surface area contributed by atoms with E-state index in [0.29, 0.717) is 27.8 Å². The minimum absolute atomic E-state index is 0.0882. The van der Waals surface area contributed by atoms with E-state index in [0.717, 1.165) is 0 Å². The van der Waals surface area contributed by atoms with Gasteiger partial charge < -0.3 is 19.5 Å². The quantitative estimate of drug-likeness (QED) is 0.620. The van der Waals surface area contributed by atoms with Crippen LogP contribution in [0, 0.1) is 5.82 Å². The molecule has 0 saturated heterocycles. The molecular formula is C19H15ClFNO5. The molecule has 0 spiro atoms. The van der Waals surface area contributed by atoms with Crippen LogP contribution in [-0.4, -0.2) is 24.8 Å². The highest BCUT2D eigenvalue weighted by atomic mass is 35.5. The van der Waals surface area contributed by atoms with Crippen LogP contribution in [0.1, 0.15) is 12.5 Å². The number of halogens is 2. The number of fused-ring (bicyclic) bond motifs is 1. The number of hydrogen-bond donors (Lipinski definition) is 1. The van der Waals surface area contributed by atoms with E-state index in [2.05, 4.69) is 5.32 Å². The first-order valence-corrected chi connectivity index (χ1v) is 8.34. The normalized spacial score (nSPS) is 13.4. The molecule has 2 aromatic carbocycles. The monoisotopic (exact) mass is 391 g/mol. The molecule has 0 unspecified atom stereocenters. The highest BCUT2D eigenvalue weighted by Gasteiger charge is 2.19. The van der Waals surface area contributed by atoms with Crippen LogP contribution in [0.25, 0.3) is 6.08 Å². The molecule has 0 bridgehead atoms. The van der Waals surface area contributed by atoms with Crippen molar-refractivity contribution < 1.29 is 28.2 Å². The largest absolute Gasteiger partial charge is 0.454 e. The van der Waals surface area contributed by atoms with Crippen molar-refractivity contribution in [3.63, 3.8) is 0 Å². The molecule has 1 aliphatic rings. The van der Waals surface area contributed by atoms with Gasteiger partial charge in [0.2, 0.25) is 6.79 Å². The number of esters is 1. The van der Waals surface area contributed by atoms with Crippen molar-refractivity contribution in [2.75, 3.05) is 12.1 Å². The molecule has 1 atom stereocenters. The van der Waals surface area contributed by atoms with Crippen molar-refractivity contribution in [2.24, 2.45) is 0 Å². The molecule has 0 saturated carbocycles. The summed E-state index contributed by atoms with van der Waals surface area (Å²) in [5.41, 5.74) is 1.01. The number of ether oxygens (including phenoxy) is 3. The molecule has 0 radical (unpaired) electrons. The van der Waals surface area contributed by atoms with Gasteiger partial charge in [-0.2, -0.15) is 0 Å². The summed E-state index contributed by atoms with van der Waals surface area (Å²) in [5, 5.41) is 2.89. The lowest BCUT2D eigenvalue weighted by molar-refractivity contribution is -0.148. The summed E-state index contributed by atoms with van der Waals surface area (Å²) in [6, 6.07) is 8.53. The Bertz CT molecular complexity index is 898. The molecule has 1 aliphatic heterocycles. The predicted octanol–water partition coefficient (Wildman–Crippen LogP) is 3.79. The van der Waals surface area contributed by atoms with E-state index in [-0.39, 0.29) is 6.79 Å². The maximum absolute atomic E-state index is 12.9. The van der Waals surface area contributed by atoms with Crippen LogP contribution in [-0.2, 0) is 14.3 Å². The van der Waals surface area contributed by atoms with Crippen LogP contribution in [0.5, 0.6) is 11.5 Å². The Morgan fingerprint density at radius 2 is 2.00 bits per heavy atom. The van der Waals surface area contributed by atoms with Crippen molar-refractivity contribution >= 4 is 35.2 Å². The molecule has 0 aliphatic carbocycles. The van der Waals surface area contributed by atoms with Gasteiger partial charge in [0.05, 0.1) is 5.02 Å². The van der Waals surface area contributed by atoms with Gasteiger partial charge in [-0.1, -0.05) is 11.6 Å². The first kappa shape index (κ1) is 18.7. The van der Waals surface area contributed by atoms with E-state index >= 15 is 0 Å². The SMILES string of the molecule is C[C@@H](OC(=O)/C=C/c1cc(Cl)c2c(c1)OCO2)C(=O)Nc1ccc(F)cc1. The lowest BCUT2D eigenvalue weighted by Crippen LogP contribution is -2.29. The fourth-order valence-electron chi connectivity index (χ4n) is 2.29. The molecule has 8 heteroatoms. The van der Waals surface area contributed by atoms with Crippen molar-refractivity contribution in [1.82, 2.24) is 0 Å². The minimum atomic E-state index is -1.03. The number of hydrogen-bond acceptors (Lipinski definition) is 5. The van der Waals surface area contributed by atoms with Gasteiger partial charge in [-0.05, 0) is 55.0 Å². The van der Waals surface area contributed by atoms with E-state index in [1.54, 1.807) is 12.1 Å². The van der Waals surface area contributed by atoms with Gasteiger partial charge in [0.1, 0.15) is 5.82 Å². The molecule has 2 aromatic rings. The molecular weight excluding hydrogens is 377 g/mol. The highest BCUT2D eigenvalue weighted by molar-refractivity contribution is 6.32. The third kappa shape index (κ3) is 4.77. The number of amides is 1. The molecule has 6 nitrogen and oxygen atoms in total. The Morgan fingerprint density at radius 1 is 1.26 bits per heavy atom. The minimum Gasteiger partial charge on any atom is -0.454 e. The van der Waals surface area contributed by atoms with Gasteiger partial charge in [0, 0.05) is 11.8 Å². The summed E-state index contributed by atoms with van der Waals surface area (Å²) >= 11 is 6.07. The molecule has 1 N–H and O–H groups in total. The van der Waals surface area contributed by atoms with Gasteiger partial charge in [-0.25, -0.2) is 9.18 Å². The maximum atomic E-state index is 12.9. The summed E-state index contributed by atoms with van der Waals surface area (Å²) in [5.74, 6) is -0.702. The van der Waals surface area contributed by atoms with Gasteiger partial charge in [-0.3, -0.25) is 4.79 Å². The van der Waals surface area contributed by atoms with Crippen LogP contribution in [0.15, 0.2) is 42.5 Å². The second-order valence-corrected chi connectivity index (χ2v) is 6.05. The Hall–Kier alpha value is -3.06. The summed E-state index contributed by atoms with van der Waals surface area (Å²) < 4.78 is 28.4. The van der Waals surface area contributed by atoms with E-state index in [9.17, 15) is 14.0 Å². The van der Waals surface area contributed by atoms with Crippen molar-refractivity contribution in [3.05, 3.63) is 58.9 Å². The van der Waals surface area contributed by atoms with Crippen molar-refractivity contribution in [2.45, 2.75) is 13.0 Å². The van der Waals surface area contributed by atoms with E-state index < -0.39 is 23.8 Å². The fraction of sp³-hybridized carbons (Fsp3) is 0.158. The summed E-state index contributed by atoms with van der Waals surface area (Å²) in [6.07, 6.45) is 1.63. The summed E-state index contributed by atoms with van der Waals surface area (Å²) in [4.78, 5) is 23.9. The topological polar surface area (TPSA) is 73.9 Å². The summed E-state index contributed by atoms with van der Waals surface area (Å²) in [7, 11) is 0. The molecule has 140 valence electrons. The van der Waals surface area contributed by atoms with Gasteiger partial charge in [0.15, 0.2) is 17.6 Å². The Morgan fingerprint density at radius 3 is 2.74 bits per heavy atom. The Balaban J connectivity index is 1.56. The zero-order valence-electron chi connectivity index (χ0n) is 14.2. The molecule has 0 aromatic heterocycles. The van der Waals surface area contributed by atoms with E-state index in [4.69, 9.17) is 25.8 Å². The molecule has 1 heterocycles. The second-order valence-electron chi connectivity index (χ2n) is 5.65. The van der Waals surface area contributed by atoms with Crippen molar-refractivity contribution in [1.29, 1.82) is 0 Å². The third-order valence-electron chi connectivity index (χ3n) is 3.64. The molecule has 3 rings (SSSR count). The first-order valence-electron chi connectivity index (χ1n) is 7.96. The van der Waals surface area contributed by atoms with Crippen LogP contribution in [0.2, 0.25) is 5.02 Å². The number of anilines is 1. The fourth-order valence-corrected chi connectivity index (χ4v) is 2.57. The average molecular weight is 392 g/mol. The smallest absolute Gasteiger partial charge is 0.331 e. The number of rotatable bonds is 5. The lowest BCUT2D eigenvalue weighted by atomic mass is 10.2. The average Bonchev–Trinajstić information content (AvgIpc) is 3.11. The second kappa shape index (κ2) is 8.09. The van der Waals surface area contributed by atoms with Gasteiger partial charge in [-0.15, -0.1) is 0 Å². The molecule has 1 amide bonds. The standard InChI is InChI=1S/C19H15ClFNO5/c1-11(19(24)22-14-5-3-13(21)4-6-14)27-17(23)7-2-12-8-15(20)18-16(9-12)25-10-26-18/h2-9,11H,10H2,1H3,(H,22,24)/b7-2+/t11-/m1/s1. The van der Waals surface area contributed by atoms with Gasteiger partial charge >= 0.3 is 5.97 Å². The van der Waals surface area contributed by atoms with Crippen LogP contribution in [0.3, 0.4) is 0 Å². The first-order chi connectivity index (χ1) is 12.9. The van der Waals surface area contributed by atoms with Crippen molar-refractivity contribution in [3.8, 4) is 11.5 Å².